The average Bonchev–Trinajstić information content (AvgIpc) is 3.28. The van der Waals surface area contributed by atoms with Crippen molar-refractivity contribution in [3.63, 3.8) is 0 Å². The summed E-state index contributed by atoms with van der Waals surface area (Å²) in [4.78, 5) is 28.7. The first-order chi connectivity index (χ1) is 15.7. The van der Waals surface area contributed by atoms with E-state index in [-0.39, 0.29) is 10.9 Å². The first-order valence-electron chi connectivity index (χ1n) is 10.6. The molecule has 3 heterocycles. The number of nitrogens with one attached hydrogen (secondary N) is 1. The van der Waals surface area contributed by atoms with E-state index in [1.807, 2.05) is 39.9 Å². The number of nitrogen functional groups attached to an aromatic ring is 1. The standard InChI is InChI=1S/C16H27N5O4Si.C3H7N2O2P/c1-15(2,3)26(4,5)16(24)11(23)9(6-22)25-14(16)21-8-20-10-12(17)18-7-19-13(10)21;4-2-1-3-5-8(6)7/h7-9,11,14,22-24H,6H2,1-5H3,(H2,17,18,19);5-7H,1,3H2/t9-,11-,14-,16+;/m1./s1. The van der Waals surface area contributed by atoms with Gasteiger partial charge in [-0.15, -0.1) is 0 Å². The SMILES string of the molecule is CC(C)(C)[Si](C)(C)[C@@]1(O)[C@H](O)[C@@H](CO)O[C@H]1n1cnc2c(N)ncnc21.N#CCCNP(O)O. The number of aliphatic hydroxyl groups is 3. The highest BCUT2D eigenvalue weighted by atomic mass is 31.2. The smallest absolute Gasteiger partial charge is 0.250 e. The first kappa shape index (κ1) is 28.4. The Labute approximate surface area is 200 Å². The molecule has 34 heavy (non-hydrogen) atoms. The van der Waals surface area contributed by atoms with E-state index in [0.717, 1.165) is 0 Å². The molecule has 1 aliphatic heterocycles. The molecule has 1 saturated heterocycles. The molecule has 0 saturated carbocycles. The largest absolute Gasteiger partial charge is 0.394 e. The summed E-state index contributed by atoms with van der Waals surface area (Å²) < 4.78 is 7.49. The Kier molecular flexibility index (Phi) is 9.08. The van der Waals surface area contributed by atoms with Crippen LogP contribution in [0.25, 0.3) is 11.2 Å². The van der Waals surface area contributed by atoms with Gasteiger partial charge in [-0.05, 0) is 5.04 Å². The highest BCUT2D eigenvalue weighted by Crippen LogP contribution is 2.53. The second-order valence-corrected chi connectivity index (χ2v) is 16.0. The van der Waals surface area contributed by atoms with E-state index >= 15 is 0 Å². The Bertz CT molecular complexity index is 1010. The number of imidazole rings is 1. The van der Waals surface area contributed by atoms with E-state index in [1.165, 1.54) is 12.7 Å². The van der Waals surface area contributed by atoms with Gasteiger partial charge in [-0.2, -0.15) is 5.26 Å². The minimum Gasteiger partial charge on any atom is -0.394 e. The van der Waals surface area contributed by atoms with Crippen LogP contribution < -0.4 is 10.8 Å². The summed E-state index contributed by atoms with van der Waals surface area (Å²) in [5.74, 6) is 0.224. The van der Waals surface area contributed by atoms with Crippen LogP contribution in [0.15, 0.2) is 12.7 Å². The van der Waals surface area contributed by atoms with Crippen molar-refractivity contribution in [1.82, 2.24) is 24.6 Å². The molecule has 15 heteroatoms. The van der Waals surface area contributed by atoms with Crippen molar-refractivity contribution in [3.8, 4) is 6.07 Å². The minimum atomic E-state index is -2.59. The van der Waals surface area contributed by atoms with E-state index in [0.29, 0.717) is 24.1 Å². The Balaban J connectivity index is 0.000000440. The molecule has 190 valence electrons. The summed E-state index contributed by atoms with van der Waals surface area (Å²) in [6, 6.07) is 1.85. The Morgan fingerprint density at radius 1 is 1.32 bits per heavy atom. The molecular formula is C19H34N7O6PSi. The second-order valence-electron chi connectivity index (χ2n) is 9.54. The predicted molar refractivity (Wildman–Crippen MR) is 128 cm³/mol. The fraction of sp³-hybridized carbons (Fsp3) is 0.684. The molecule has 0 radical (unpaired) electrons. The zero-order valence-electron chi connectivity index (χ0n) is 19.9. The molecule has 0 unspecified atom stereocenters. The fourth-order valence-corrected chi connectivity index (χ4v) is 6.99. The van der Waals surface area contributed by atoms with Gasteiger partial charge < -0.3 is 35.6 Å². The third-order valence-corrected chi connectivity index (χ3v) is 13.5. The predicted octanol–water partition coefficient (Wildman–Crippen LogP) is 0.139. The van der Waals surface area contributed by atoms with Gasteiger partial charge in [-0.1, -0.05) is 33.9 Å². The van der Waals surface area contributed by atoms with Crippen molar-refractivity contribution in [1.29, 1.82) is 5.26 Å². The van der Waals surface area contributed by atoms with Crippen molar-refractivity contribution >= 4 is 33.6 Å². The van der Waals surface area contributed by atoms with Gasteiger partial charge in [0.1, 0.15) is 29.3 Å². The molecular weight excluding hydrogens is 481 g/mol. The number of anilines is 1. The molecule has 0 bridgehead atoms. The summed E-state index contributed by atoms with van der Waals surface area (Å²) in [6.07, 6.45) is 0.00162. The monoisotopic (exact) mass is 515 g/mol. The van der Waals surface area contributed by atoms with Crippen LogP contribution in [0, 0.1) is 11.3 Å². The fourth-order valence-electron chi connectivity index (χ4n) is 3.73. The van der Waals surface area contributed by atoms with Crippen molar-refractivity contribution in [3.05, 3.63) is 12.7 Å². The molecule has 4 atom stereocenters. The summed E-state index contributed by atoms with van der Waals surface area (Å²) in [7, 11) is -4.60. The van der Waals surface area contributed by atoms with Crippen LogP contribution in [0.4, 0.5) is 5.82 Å². The summed E-state index contributed by atoms with van der Waals surface area (Å²) >= 11 is 0. The number of hydrogen-bond donors (Lipinski definition) is 7. The number of nitrogens with zero attached hydrogens (tertiary/aromatic N) is 5. The number of fused-ring (bicyclic) bond motifs is 1. The lowest BCUT2D eigenvalue weighted by Crippen LogP contribution is -2.67. The molecule has 3 rings (SSSR count). The van der Waals surface area contributed by atoms with Crippen molar-refractivity contribution in [2.24, 2.45) is 0 Å². The van der Waals surface area contributed by atoms with Crippen molar-refractivity contribution in [2.75, 3.05) is 18.9 Å². The van der Waals surface area contributed by atoms with E-state index in [1.54, 1.807) is 4.57 Å². The summed E-state index contributed by atoms with van der Waals surface area (Å²) in [5.41, 5.74) is 6.67. The van der Waals surface area contributed by atoms with Gasteiger partial charge in [0.2, 0.25) is 8.53 Å². The zero-order chi connectivity index (χ0) is 25.9. The van der Waals surface area contributed by atoms with Crippen LogP contribution in [-0.4, -0.2) is 83.3 Å². The van der Waals surface area contributed by atoms with E-state index in [4.69, 9.17) is 25.5 Å². The van der Waals surface area contributed by atoms with E-state index in [2.05, 4.69) is 20.0 Å². The lowest BCUT2D eigenvalue weighted by atomic mass is 10.1. The Morgan fingerprint density at radius 3 is 2.50 bits per heavy atom. The van der Waals surface area contributed by atoms with Crippen LogP contribution in [0.3, 0.4) is 0 Å². The molecule has 0 aliphatic carbocycles. The zero-order valence-corrected chi connectivity index (χ0v) is 21.8. The van der Waals surface area contributed by atoms with Gasteiger partial charge in [0.05, 0.1) is 27.1 Å². The molecule has 1 fully saturated rings. The highest BCUT2D eigenvalue weighted by molar-refractivity contribution is 7.42. The average molecular weight is 516 g/mol. The number of nitrogens with two attached hydrogens (primary N) is 1. The van der Waals surface area contributed by atoms with Gasteiger partial charge in [0.15, 0.2) is 17.7 Å². The molecule has 0 aromatic carbocycles. The van der Waals surface area contributed by atoms with Crippen LogP contribution in [-0.2, 0) is 4.74 Å². The van der Waals surface area contributed by atoms with Gasteiger partial charge >= 0.3 is 0 Å². The number of nitriles is 1. The number of aliphatic hydroxyl groups excluding tert-OH is 2. The quantitative estimate of drug-likeness (QED) is 0.155. The van der Waals surface area contributed by atoms with Crippen LogP contribution in [0.1, 0.15) is 33.4 Å². The summed E-state index contributed by atoms with van der Waals surface area (Å²) in [5, 5.41) is 40.8. The molecule has 2 aromatic rings. The minimum absolute atomic E-state index is 0.224. The lowest BCUT2D eigenvalue weighted by molar-refractivity contribution is -0.0673. The molecule has 1 aliphatic rings. The van der Waals surface area contributed by atoms with Crippen molar-refractivity contribution in [2.45, 2.75) is 69.0 Å². The van der Waals surface area contributed by atoms with Crippen LogP contribution in [0.2, 0.25) is 18.1 Å². The molecule has 13 nitrogen and oxygen atoms in total. The van der Waals surface area contributed by atoms with E-state index in [9.17, 15) is 15.3 Å². The maximum absolute atomic E-state index is 11.8. The first-order valence-corrected chi connectivity index (χ1v) is 14.9. The summed E-state index contributed by atoms with van der Waals surface area (Å²) in [6.45, 7) is 10.1. The number of rotatable bonds is 6. The third kappa shape index (κ3) is 5.23. The van der Waals surface area contributed by atoms with Gasteiger partial charge in [-0.3, -0.25) is 4.57 Å². The molecule has 0 spiro atoms. The number of aromatic nitrogens is 4. The van der Waals surface area contributed by atoms with Crippen LogP contribution in [0.5, 0.6) is 0 Å². The Hall–Kier alpha value is -1.79. The van der Waals surface area contributed by atoms with Crippen molar-refractivity contribution < 1.29 is 29.8 Å². The Morgan fingerprint density at radius 2 is 1.97 bits per heavy atom. The maximum Gasteiger partial charge on any atom is 0.250 e. The second kappa shape index (κ2) is 10.9. The van der Waals surface area contributed by atoms with Gasteiger partial charge in [-0.25, -0.2) is 20.0 Å². The normalized spacial score (nSPS) is 25.3. The van der Waals surface area contributed by atoms with Gasteiger partial charge in [0, 0.05) is 13.0 Å². The van der Waals surface area contributed by atoms with Crippen LogP contribution >= 0.6 is 8.53 Å². The van der Waals surface area contributed by atoms with E-state index < -0.39 is 46.9 Å². The van der Waals surface area contributed by atoms with Gasteiger partial charge in [0.25, 0.3) is 0 Å². The highest BCUT2D eigenvalue weighted by Gasteiger charge is 2.67. The lowest BCUT2D eigenvalue weighted by Gasteiger charge is -2.50. The molecule has 8 N–H and O–H groups in total. The molecule has 2 aromatic heterocycles. The maximum atomic E-state index is 11.8. The third-order valence-electron chi connectivity index (χ3n) is 6.67. The number of hydrogen-bond acceptors (Lipinski definition) is 12. The molecule has 0 amide bonds. The number of ether oxygens (including phenoxy) is 1. The topological polar surface area (TPSA) is 216 Å².